The second kappa shape index (κ2) is 39.9. The first-order chi connectivity index (χ1) is 66.5. The van der Waals surface area contributed by atoms with Crippen molar-refractivity contribution in [3.63, 3.8) is 0 Å². The second-order valence-electron chi connectivity index (χ2n) is 40.4. The fourth-order valence-electron chi connectivity index (χ4n) is 23.7. The highest BCUT2D eigenvalue weighted by Crippen LogP contribution is 2.51. The van der Waals surface area contributed by atoms with Gasteiger partial charge in [0, 0.05) is 93.2 Å². The average molecular weight is 1860 g/mol. The van der Waals surface area contributed by atoms with E-state index in [-0.39, 0.29) is 62.5 Å². The van der Waals surface area contributed by atoms with Crippen molar-refractivity contribution in [1.29, 1.82) is 0 Å². The molecule has 0 bridgehead atoms. The molecule has 23 rings (SSSR count). The van der Waals surface area contributed by atoms with Crippen molar-refractivity contribution in [3.8, 4) is 0 Å². The topological polar surface area (TPSA) is 224 Å². The van der Waals surface area contributed by atoms with Gasteiger partial charge in [-0.05, 0) is 360 Å². The Bertz CT molecular complexity index is 7240. The van der Waals surface area contributed by atoms with E-state index in [2.05, 4.69) is 145 Å². The Hall–Kier alpha value is -12.4. The van der Waals surface area contributed by atoms with Gasteiger partial charge < -0.3 is 30.6 Å². The van der Waals surface area contributed by atoms with E-state index in [4.69, 9.17) is 26.6 Å². The van der Waals surface area contributed by atoms with Gasteiger partial charge in [-0.2, -0.15) is 0 Å². The number of rotatable bonds is 16. The van der Waals surface area contributed by atoms with E-state index in [1.165, 1.54) is 83.8 Å². The van der Waals surface area contributed by atoms with Crippen molar-refractivity contribution in [3.05, 3.63) is 297 Å². The van der Waals surface area contributed by atoms with Crippen LogP contribution >= 0.6 is 11.6 Å². The van der Waals surface area contributed by atoms with Gasteiger partial charge in [0.15, 0.2) is 11.6 Å². The molecule has 8 heterocycles. The molecule has 6 aliphatic carbocycles. The van der Waals surface area contributed by atoms with Gasteiger partial charge in [-0.3, -0.25) is 29.5 Å². The minimum absolute atomic E-state index is 0.00911. The van der Waals surface area contributed by atoms with Crippen LogP contribution in [0.15, 0.2) is 201 Å². The lowest BCUT2D eigenvalue weighted by Crippen LogP contribution is -2.36. The summed E-state index contributed by atoms with van der Waals surface area (Å²) in [5.41, 5.74) is 15.8. The van der Waals surface area contributed by atoms with Crippen molar-refractivity contribution in [2.24, 2.45) is 23.7 Å². The van der Waals surface area contributed by atoms with E-state index in [1.807, 2.05) is 61.1 Å². The zero-order chi connectivity index (χ0) is 94.3. The fraction of sp³-hybridized carbons (Fsp3) is 0.386. The standard InChI is InChI=1S/C31H35FN4O.C30H33FN4O.C29H28FN3.C24H21ClF3N3/c1-19(20-7-9-21(10-8-20)25-15-16-33-27-14-12-23(32)18-26(25)27)30-35-28-13-11-22(17-29(28)36-30)31(37)34-24-5-3-2-4-6-24;1-18(19-6-8-20(9-7-19)24-14-15-32-26-13-11-22(31)17-25(24)26)29-34-27-12-10-21(16-28(27)35-29)30(36)33-23-4-2-3-5-23;1-18(28-32-26-15-20-5-3-4-6-21(20)16-27(26)33-28)19-9-12-29(2,13-10-19)24-11-14-31-25-8-7-22(30)17-23(24)25;1-12(24-30-22-18(25)11-19(27)21(28)23(22)31-24)13-2-4-14(5-3-13)16-8-9-29-20-7-6-15(26)10-17(16)20/h11-21,24H,2-10H2,1H3,(H,34,37)(H,35,36);10-20,23H,2-9H2,1H3,(H,33,36)(H,34,35);3-8,11,14-19H,9-10,12-13H2,1-2H3,(H,32,33);6-14H,2-5H2,1H3,(H,30,31)/t19-,20?,21?;18-,19?,20?;18-,19?,29?;/m111./s1. The highest BCUT2D eigenvalue weighted by atomic mass is 35.5. The number of imidazole rings is 4. The van der Waals surface area contributed by atoms with Crippen LogP contribution in [0.1, 0.15) is 303 Å². The van der Waals surface area contributed by atoms with E-state index in [0.29, 0.717) is 88.2 Å². The molecule has 137 heavy (non-hydrogen) atoms. The molecule has 1 unspecified atom stereocenters. The zero-order valence-corrected chi connectivity index (χ0v) is 79.0. The van der Waals surface area contributed by atoms with Crippen molar-refractivity contribution < 1.29 is 35.9 Å². The van der Waals surface area contributed by atoms with E-state index in [1.54, 1.807) is 54.7 Å². The van der Waals surface area contributed by atoms with Crippen LogP contribution in [0.3, 0.4) is 0 Å². The maximum absolute atomic E-state index is 14.2. The quantitative estimate of drug-likeness (QED) is 0.0396. The third kappa shape index (κ3) is 19.8. The number of pyridine rings is 4. The summed E-state index contributed by atoms with van der Waals surface area (Å²) in [5, 5.41) is 12.7. The first-order valence-corrected chi connectivity index (χ1v) is 50.1. The summed E-state index contributed by atoms with van der Waals surface area (Å²) in [5.74, 6) is 5.19. The number of H-pyrrole nitrogens is 4. The number of nitrogens with zero attached hydrogens (tertiary/aromatic N) is 8. The van der Waals surface area contributed by atoms with E-state index < -0.39 is 11.6 Å². The van der Waals surface area contributed by atoms with E-state index >= 15 is 0 Å². The first-order valence-electron chi connectivity index (χ1n) is 49.7. The predicted octanol–water partition coefficient (Wildman–Crippen LogP) is 29.3. The number of fused-ring (bicyclic) bond motifs is 9. The number of carbonyl (C=O) groups excluding carboxylic acids is 2. The maximum atomic E-state index is 14.2. The summed E-state index contributed by atoms with van der Waals surface area (Å²) >= 11 is 6.06. The van der Waals surface area contributed by atoms with Crippen molar-refractivity contribution in [1.82, 2.24) is 70.4 Å². The van der Waals surface area contributed by atoms with Crippen LogP contribution < -0.4 is 10.6 Å². The van der Waals surface area contributed by atoms with Crippen LogP contribution in [-0.2, 0) is 5.41 Å². The molecule has 6 fully saturated rings. The molecule has 23 heteroatoms. The maximum Gasteiger partial charge on any atom is 0.251 e. The summed E-state index contributed by atoms with van der Waals surface area (Å²) < 4.78 is 83.5. The Kier molecular flexibility index (Phi) is 26.9. The van der Waals surface area contributed by atoms with Crippen LogP contribution in [0.2, 0.25) is 5.02 Å². The molecule has 0 saturated heterocycles. The molecule has 704 valence electrons. The first kappa shape index (κ1) is 92.3. The molecule has 0 radical (unpaired) electrons. The molecule has 17 aromatic rings. The smallest absolute Gasteiger partial charge is 0.251 e. The number of hydrogen-bond donors (Lipinski definition) is 6. The van der Waals surface area contributed by atoms with Gasteiger partial charge in [0.05, 0.1) is 60.2 Å². The normalized spacial score (nSPS) is 21.6. The van der Waals surface area contributed by atoms with Crippen LogP contribution in [0, 0.1) is 58.6 Å². The van der Waals surface area contributed by atoms with Gasteiger partial charge in [0.25, 0.3) is 11.8 Å². The highest BCUT2D eigenvalue weighted by Gasteiger charge is 2.39. The Morgan fingerprint density at radius 3 is 1.15 bits per heavy atom. The number of amides is 2. The largest absolute Gasteiger partial charge is 0.349 e. The van der Waals surface area contributed by atoms with Crippen molar-refractivity contribution >= 4 is 122 Å². The molecule has 8 aromatic heterocycles. The molecule has 16 nitrogen and oxygen atoms in total. The van der Waals surface area contributed by atoms with Gasteiger partial charge >= 0.3 is 0 Å². The lowest BCUT2D eigenvalue weighted by molar-refractivity contribution is 0.0923. The van der Waals surface area contributed by atoms with Crippen molar-refractivity contribution in [2.75, 3.05) is 0 Å². The Morgan fingerprint density at radius 1 is 0.365 bits per heavy atom. The molecular weight excluding hydrogens is 1750 g/mol. The van der Waals surface area contributed by atoms with Crippen LogP contribution in [-0.4, -0.2) is 83.7 Å². The molecule has 0 spiro atoms. The molecule has 6 N–H and O–H groups in total. The van der Waals surface area contributed by atoms with Gasteiger partial charge in [-0.15, -0.1) is 0 Å². The molecule has 4 atom stereocenters. The summed E-state index contributed by atoms with van der Waals surface area (Å²) in [6.45, 7) is 11.2. The Labute approximate surface area is 798 Å². The minimum Gasteiger partial charge on any atom is -0.349 e. The molecule has 0 aliphatic heterocycles. The zero-order valence-electron chi connectivity index (χ0n) is 78.3. The van der Waals surface area contributed by atoms with Crippen LogP contribution in [0.25, 0.3) is 98.5 Å². The summed E-state index contributed by atoms with van der Waals surface area (Å²) in [7, 11) is 0. The number of hydrogen-bond acceptors (Lipinski definition) is 10. The predicted molar refractivity (Wildman–Crippen MR) is 535 cm³/mol. The minimum atomic E-state index is -0.984. The van der Waals surface area contributed by atoms with Crippen LogP contribution in [0.4, 0.5) is 26.3 Å². The van der Waals surface area contributed by atoms with Gasteiger partial charge in [-0.1, -0.05) is 103 Å². The average Bonchev–Trinajstić information content (AvgIpc) is 1.17. The Balaban J connectivity index is 0.000000113. The number of halogens is 7. The Morgan fingerprint density at radius 2 is 0.723 bits per heavy atom. The van der Waals surface area contributed by atoms with E-state index in [9.17, 15) is 35.9 Å². The molecule has 2 amide bonds. The fourth-order valence-corrected chi connectivity index (χ4v) is 24.0. The van der Waals surface area contributed by atoms with Crippen LogP contribution in [0.5, 0.6) is 0 Å². The summed E-state index contributed by atoms with van der Waals surface area (Å²) in [6.07, 6.45) is 34.8. The lowest BCUT2D eigenvalue weighted by atomic mass is 9.65. The van der Waals surface area contributed by atoms with Gasteiger partial charge in [0.1, 0.15) is 57.6 Å². The summed E-state index contributed by atoms with van der Waals surface area (Å²) in [4.78, 5) is 76.0. The highest BCUT2D eigenvalue weighted by molar-refractivity contribution is 6.35. The number of nitrogens with one attached hydrogen (secondary N) is 6. The monoisotopic (exact) mass is 1860 g/mol. The van der Waals surface area contributed by atoms with E-state index in [0.717, 1.165) is 234 Å². The number of carbonyl (C=O) groups is 2. The number of aromatic amines is 4. The van der Waals surface area contributed by atoms with Crippen molar-refractivity contribution in [2.45, 2.75) is 254 Å². The molecular formula is C114H117ClF6N14O2. The number of benzene rings is 9. The third-order valence-corrected chi connectivity index (χ3v) is 32.3. The van der Waals surface area contributed by atoms with Gasteiger partial charge in [-0.25, -0.2) is 46.3 Å². The lowest BCUT2D eigenvalue weighted by Gasteiger charge is -2.40. The molecule has 6 aliphatic rings. The third-order valence-electron chi connectivity index (χ3n) is 32.0. The summed E-state index contributed by atoms with van der Waals surface area (Å²) in [6, 6.07) is 53.6. The molecule has 9 aromatic carbocycles. The second-order valence-corrected chi connectivity index (χ2v) is 40.8. The van der Waals surface area contributed by atoms with Gasteiger partial charge in [0.2, 0.25) is 0 Å². The number of aromatic nitrogens is 12. The molecule has 6 saturated carbocycles. The SMILES string of the molecule is CC(c1nc2c(Cl)cc(F)c(F)c2[nH]1)C1CCC(c2ccnc3ccc(F)cc23)CC1.C[C@@H](c1nc2cc3ccccc3cc2[nH]1)C1CCC(C)(c2ccnc3ccc(F)cc23)CC1.C[C@@H](c1nc2ccc(C(=O)NC3CCCC3)cc2[nH]1)C1CCC(c2ccnc3ccc(F)cc23)CC1.C[C@@H](c1nc2ccc(C(=O)NC3CCCCC3)cc2[nH]1)C1CCC(c2ccnc3ccc(F)cc23)CC1.